The molecule has 1 fully saturated rings. The van der Waals surface area contributed by atoms with Gasteiger partial charge in [0.15, 0.2) is 5.75 Å². The topological polar surface area (TPSA) is 73.9 Å². The van der Waals surface area contributed by atoms with Crippen molar-refractivity contribution in [2.24, 2.45) is 0 Å². The van der Waals surface area contributed by atoms with E-state index in [9.17, 15) is 9.90 Å². The number of hydrogen-bond donors (Lipinski definition) is 2. The number of aromatic hydroxyl groups is 1. The number of likely N-dealkylation sites (tertiary alicyclic amines) is 1. The van der Waals surface area contributed by atoms with Crippen LogP contribution in [0.15, 0.2) is 21.5 Å². The number of aliphatic hydroxyl groups excluding tert-OH is 1. The third-order valence-electron chi connectivity index (χ3n) is 2.73. The van der Waals surface area contributed by atoms with Gasteiger partial charge in [0, 0.05) is 12.6 Å². The molecule has 5 heteroatoms. The van der Waals surface area contributed by atoms with E-state index in [0.29, 0.717) is 18.8 Å². The molecule has 0 amide bonds. The lowest BCUT2D eigenvalue weighted by atomic mass is 10.1. The summed E-state index contributed by atoms with van der Waals surface area (Å²) in [5.74, 6) is 0.138. The zero-order chi connectivity index (χ0) is 11.5. The van der Waals surface area contributed by atoms with Gasteiger partial charge in [0.1, 0.15) is 12.0 Å². The molecule has 2 heterocycles. The maximum Gasteiger partial charge on any atom is 0.226 e. The van der Waals surface area contributed by atoms with E-state index in [4.69, 9.17) is 9.52 Å². The second-order valence-electron chi connectivity index (χ2n) is 4.13. The SMILES string of the molecule is O=c1cc(CN2CCCC(O)C2)occ1O. The Balaban J connectivity index is 2.03. The van der Waals surface area contributed by atoms with E-state index in [1.165, 1.54) is 6.07 Å². The monoisotopic (exact) mass is 225 g/mol. The van der Waals surface area contributed by atoms with Crippen LogP contribution in [0.25, 0.3) is 0 Å². The number of rotatable bonds is 2. The van der Waals surface area contributed by atoms with Gasteiger partial charge in [-0.1, -0.05) is 0 Å². The van der Waals surface area contributed by atoms with Crippen molar-refractivity contribution in [1.29, 1.82) is 0 Å². The molecule has 1 atom stereocenters. The average molecular weight is 225 g/mol. The van der Waals surface area contributed by atoms with Gasteiger partial charge in [-0.05, 0) is 19.4 Å². The Morgan fingerprint density at radius 2 is 2.38 bits per heavy atom. The molecule has 1 aromatic heterocycles. The Labute approximate surface area is 92.9 Å². The minimum atomic E-state index is -0.432. The highest BCUT2D eigenvalue weighted by atomic mass is 16.4. The highest BCUT2D eigenvalue weighted by molar-refractivity contribution is 5.15. The molecule has 1 aromatic rings. The minimum Gasteiger partial charge on any atom is -0.502 e. The molecule has 0 radical (unpaired) electrons. The van der Waals surface area contributed by atoms with Gasteiger partial charge < -0.3 is 14.6 Å². The summed E-state index contributed by atoms with van der Waals surface area (Å²) in [6.45, 7) is 1.98. The first kappa shape index (κ1) is 11.2. The molecule has 1 aliphatic rings. The molecular weight excluding hydrogens is 210 g/mol. The predicted octanol–water partition coefficient (Wildman–Crippen LogP) is 0.302. The van der Waals surface area contributed by atoms with E-state index in [1.54, 1.807) is 0 Å². The summed E-state index contributed by atoms with van der Waals surface area (Å²) in [7, 11) is 0. The van der Waals surface area contributed by atoms with E-state index in [0.717, 1.165) is 25.6 Å². The van der Waals surface area contributed by atoms with Crippen LogP contribution in [0.1, 0.15) is 18.6 Å². The standard InChI is InChI=1S/C11H15NO4/c13-8-2-1-3-12(5-8)6-9-4-10(14)11(15)7-16-9/h4,7-8,13,15H,1-3,5-6H2. The van der Waals surface area contributed by atoms with E-state index in [2.05, 4.69) is 0 Å². The lowest BCUT2D eigenvalue weighted by Gasteiger charge is -2.29. The summed E-state index contributed by atoms with van der Waals surface area (Å²) in [5, 5.41) is 18.5. The predicted molar refractivity (Wildman–Crippen MR) is 57.2 cm³/mol. The van der Waals surface area contributed by atoms with Crippen LogP contribution in [0.3, 0.4) is 0 Å². The van der Waals surface area contributed by atoms with E-state index in [-0.39, 0.29) is 11.9 Å². The van der Waals surface area contributed by atoms with Crippen LogP contribution in [-0.4, -0.2) is 34.3 Å². The van der Waals surface area contributed by atoms with Gasteiger partial charge >= 0.3 is 0 Å². The van der Waals surface area contributed by atoms with E-state index in [1.807, 2.05) is 4.90 Å². The van der Waals surface area contributed by atoms with Gasteiger partial charge in [-0.25, -0.2) is 0 Å². The molecule has 88 valence electrons. The molecule has 1 aliphatic heterocycles. The molecule has 0 aliphatic carbocycles. The maximum absolute atomic E-state index is 11.2. The average Bonchev–Trinajstić information content (AvgIpc) is 2.24. The van der Waals surface area contributed by atoms with Crippen LogP contribution in [0.2, 0.25) is 0 Å². The minimum absolute atomic E-state index is 0.294. The third-order valence-corrected chi connectivity index (χ3v) is 2.73. The summed E-state index contributed by atoms with van der Waals surface area (Å²) < 4.78 is 5.10. The molecule has 1 saturated heterocycles. The van der Waals surface area contributed by atoms with Crippen molar-refractivity contribution in [2.45, 2.75) is 25.5 Å². The molecule has 5 nitrogen and oxygen atoms in total. The molecule has 0 aromatic carbocycles. The molecule has 0 bridgehead atoms. The van der Waals surface area contributed by atoms with Crippen molar-refractivity contribution in [3.05, 3.63) is 28.3 Å². The quantitative estimate of drug-likeness (QED) is 0.757. The Bertz CT molecular complexity index is 415. The molecule has 2 N–H and O–H groups in total. The summed E-state index contributed by atoms with van der Waals surface area (Å²) in [4.78, 5) is 13.2. The number of β-amino-alcohol motifs (C(OH)–C–C–N with tert-alkyl or cyclic N) is 1. The van der Waals surface area contributed by atoms with E-state index >= 15 is 0 Å². The highest BCUT2D eigenvalue weighted by Crippen LogP contribution is 2.13. The summed E-state index contributed by atoms with van der Waals surface area (Å²) in [6.07, 6.45) is 2.54. The smallest absolute Gasteiger partial charge is 0.226 e. The summed E-state index contributed by atoms with van der Waals surface area (Å²) >= 11 is 0. The number of piperidine rings is 1. The van der Waals surface area contributed by atoms with Crippen LogP contribution in [0.4, 0.5) is 0 Å². The Morgan fingerprint density at radius 1 is 1.56 bits per heavy atom. The van der Waals surface area contributed by atoms with Crippen molar-refractivity contribution in [3.63, 3.8) is 0 Å². The molecule has 1 unspecified atom stereocenters. The first-order chi connectivity index (χ1) is 7.65. The maximum atomic E-state index is 11.2. The number of hydrogen-bond acceptors (Lipinski definition) is 5. The van der Waals surface area contributed by atoms with Gasteiger partial charge in [0.25, 0.3) is 0 Å². The van der Waals surface area contributed by atoms with Gasteiger partial charge in [0.05, 0.1) is 12.6 Å². The molecule has 16 heavy (non-hydrogen) atoms. The lowest BCUT2D eigenvalue weighted by Crippen LogP contribution is -2.37. The zero-order valence-corrected chi connectivity index (χ0v) is 8.93. The van der Waals surface area contributed by atoms with Gasteiger partial charge in [-0.3, -0.25) is 9.69 Å². The van der Waals surface area contributed by atoms with E-state index < -0.39 is 5.43 Å². The van der Waals surface area contributed by atoms with Crippen molar-refractivity contribution < 1.29 is 14.6 Å². The van der Waals surface area contributed by atoms with Crippen LogP contribution in [0.5, 0.6) is 5.75 Å². The fourth-order valence-electron chi connectivity index (χ4n) is 1.92. The largest absolute Gasteiger partial charge is 0.502 e. The van der Waals surface area contributed by atoms with Crippen molar-refractivity contribution in [2.75, 3.05) is 13.1 Å². The van der Waals surface area contributed by atoms with Crippen molar-refractivity contribution in [1.82, 2.24) is 4.90 Å². The highest BCUT2D eigenvalue weighted by Gasteiger charge is 2.18. The second-order valence-corrected chi connectivity index (χ2v) is 4.13. The Kier molecular flexibility index (Phi) is 3.26. The van der Waals surface area contributed by atoms with Crippen LogP contribution >= 0.6 is 0 Å². The first-order valence-electron chi connectivity index (χ1n) is 5.36. The fourth-order valence-corrected chi connectivity index (χ4v) is 1.92. The lowest BCUT2D eigenvalue weighted by molar-refractivity contribution is 0.0629. The Hall–Kier alpha value is -1.33. The van der Waals surface area contributed by atoms with Gasteiger partial charge in [0.2, 0.25) is 5.43 Å². The first-order valence-corrected chi connectivity index (χ1v) is 5.36. The van der Waals surface area contributed by atoms with Crippen molar-refractivity contribution >= 4 is 0 Å². The molecule has 0 saturated carbocycles. The fraction of sp³-hybridized carbons (Fsp3) is 0.545. The summed E-state index contributed by atoms with van der Waals surface area (Å²) in [5.41, 5.74) is -0.432. The van der Waals surface area contributed by atoms with Crippen LogP contribution in [0, 0.1) is 0 Å². The number of aliphatic hydroxyl groups is 1. The van der Waals surface area contributed by atoms with Crippen LogP contribution in [-0.2, 0) is 6.54 Å². The normalized spacial score (nSPS) is 22.2. The van der Waals surface area contributed by atoms with Gasteiger partial charge in [-0.2, -0.15) is 0 Å². The van der Waals surface area contributed by atoms with Gasteiger partial charge in [-0.15, -0.1) is 0 Å². The number of nitrogens with zero attached hydrogens (tertiary/aromatic N) is 1. The molecule has 0 spiro atoms. The molecule has 2 rings (SSSR count). The molecular formula is C11H15NO4. The van der Waals surface area contributed by atoms with Crippen LogP contribution < -0.4 is 5.43 Å². The third kappa shape index (κ3) is 2.62. The summed E-state index contributed by atoms with van der Waals surface area (Å²) in [6, 6.07) is 1.29. The zero-order valence-electron chi connectivity index (χ0n) is 8.93. The Morgan fingerprint density at radius 3 is 3.06 bits per heavy atom. The second kappa shape index (κ2) is 4.67. The van der Waals surface area contributed by atoms with Crippen molar-refractivity contribution in [3.8, 4) is 5.75 Å².